The van der Waals surface area contributed by atoms with Gasteiger partial charge in [0, 0.05) is 0 Å². The molecule has 4 heteroatoms. The molecule has 1 aromatic carbocycles. The van der Waals surface area contributed by atoms with E-state index in [-0.39, 0.29) is 0 Å². The minimum Gasteiger partial charge on any atom is -0.462 e. The van der Waals surface area contributed by atoms with Crippen LogP contribution < -0.4 is 0 Å². The molecule has 0 fully saturated rings. The Bertz CT molecular complexity index is 787. The molecule has 0 radical (unpaired) electrons. The lowest BCUT2D eigenvalue weighted by Gasteiger charge is -2.17. The van der Waals surface area contributed by atoms with Gasteiger partial charge in [-0.15, -0.1) is 0 Å². The number of unbranched alkanes of at least 4 members (excludes halogenated alkanes) is 11. The van der Waals surface area contributed by atoms with Crippen LogP contribution in [-0.2, 0) is 15.9 Å². The molecule has 0 amide bonds. The number of hydrogen-bond donors (Lipinski definition) is 0. The Labute approximate surface area is 247 Å². The second-order valence-electron chi connectivity index (χ2n) is 11.8. The van der Waals surface area contributed by atoms with Crippen molar-refractivity contribution in [3.05, 3.63) is 34.9 Å². The highest BCUT2D eigenvalue weighted by molar-refractivity contribution is 6.03. The molecule has 0 aliphatic rings. The molecule has 0 aliphatic heterocycles. The molecule has 0 aliphatic carbocycles. The fourth-order valence-electron chi connectivity index (χ4n) is 5.25. The first-order valence-electron chi connectivity index (χ1n) is 17.0. The normalized spacial score (nSPS) is 12.7. The number of rotatable bonds is 25. The van der Waals surface area contributed by atoms with Crippen molar-refractivity contribution in [1.29, 1.82) is 0 Å². The molecule has 1 rings (SSSR count). The number of hydrogen-bond acceptors (Lipinski definition) is 4. The SMILES string of the molecule is CCCCCCCCCCCCc1ccc(C(=O)OCC(CC)CCCC)c(C(=O)OCC(CC)CCCC)c1. The summed E-state index contributed by atoms with van der Waals surface area (Å²) in [6.45, 7) is 11.7. The molecular weight excluding hydrogens is 496 g/mol. The van der Waals surface area contributed by atoms with Crippen LogP contribution in [-0.4, -0.2) is 25.2 Å². The van der Waals surface area contributed by atoms with Crippen LogP contribution in [0.25, 0.3) is 0 Å². The quantitative estimate of drug-likeness (QED) is 0.0884. The van der Waals surface area contributed by atoms with Crippen LogP contribution in [0.1, 0.15) is 176 Å². The lowest BCUT2D eigenvalue weighted by atomic mass is 9.98. The Morgan fingerprint density at radius 1 is 0.575 bits per heavy atom. The molecule has 0 saturated carbocycles. The van der Waals surface area contributed by atoms with E-state index in [1.807, 2.05) is 12.1 Å². The molecule has 0 aromatic heterocycles. The van der Waals surface area contributed by atoms with E-state index in [0.717, 1.165) is 69.8 Å². The Morgan fingerprint density at radius 3 is 1.50 bits per heavy atom. The number of ether oxygens (including phenoxy) is 2. The van der Waals surface area contributed by atoms with E-state index in [2.05, 4.69) is 34.6 Å². The molecule has 2 atom stereocenters. The standard InChI is InChI=1S/C36H62O4/c1-6-11-14-15-16-17-18-19-20-21-24-32-25-26-33(35(37)39-28-30(9-4)22-12-7-2)34(27-32)36(38)40-29-31(10-5)23-13-8-3/h25-27,30-31H,6-24,28-29H2,1-5H3. The maximum atomic E-state index is 13.3. The van der Waals surface area contributed by atoms with E-state index < -0.39 is 11.9 Å². The molecule has 0 spiro atoms. The fraction of sp³-hybridized carbons (Fsp3) is 0.778. The topological polar surface area (TPSA) is 52.6 Å². The molecule has 4 nitrogen and oxygen atoms in total. The maximum absolute atomic E-state index is 13.3. The molecule has 1 aromatic rings. The van der Waals surface area contributed by atoms with Gasteiger partial charge in [0.15, 0.2) is 0 Å². The van der Waals surface area contributed by atoms with Gasteiger partial charge in [-0.1, -0.05) is 137 Å². The molecule has 40 heavy (non-hydrogen) atoms. The van der Waals surface area contributed by atoms with Crippen LogP contribution >= 0.6 is 0 Å². The first-order valence-corrected chi connectivity index (χ1v) is 17.0. The zero-order valence-electron chi connectivity index (χ0n) is 26.9. The molecule has 0 N–H and O–H groups in total. The third kappa shape index (κ3) is 15.8. The van der Waals surface area contributed by atoms with Crippen LogP contribution in [0.5, 0.6) is 0 Å². The summed E-state index contributed by atoms with van der Waals surface area (Å²) in [6.07, 6.45) is 22.5. The van der Waals surface area contributed by atoms with Gasteiger partial charge < -0.3 is 9.47 Å². The second-order valence-corrected chi connectivity index (χ2v) is 11.8. The summed E-state index contributed by atoms with van der Waals surface area (Å²) >= 11 is 0. The van der Waals surface area contributed by atoms with Crippen molar-refractivity contribution in [2.75, 3.05) is 13.2 Å². The number of carbonyl (C=O) groups excluding carboxylic acids is 2. The Kier molecular flexibility index (Phi) is 21.6. The number of carbonyl (C=O) groups is 2. The largest absolute Gasteiger partial charge is 0.462 e. The first kappa shape index (κ1) is 36.2. The van der Waals surface area contributed by atoms with Crippen molar-refractivity contribution >= 4 is 11.9 Å². The number of benzene rings is 1. The zero-order valence-corrected chi connectivity index (χ0v) is 26.9. The van der Waals surface area contributed by atoms with Crippen molar-refractivity contribution in [1.82, 2.24) is 0 Å². The van der Waals surface area contributed by atoms with E-state index in [4.69, 9.17) is 9.47 Å². The Hall–Kier alpha value is -1.84. The number of aryl methyl sites for hydroxylation is 1. The predicted molar refractivity (Wildman–Crippen MR) is 169 cm³/mol. The van der Waals surface area contributed by atoms with Crippen molar-refractivity contribution in [2.45, 2.75) is 157 Å². The summed E-state index contributed by atoms with van der Waals surface area (Å²) in [5.74, 6) is -0.0907. The van der Waals surface area contributed by atoms with Crippen LogP contribution in [0.15, 0.2) is 18.2 Å². The number of esters is 2. The van der Waals surface area contributed by atoms with Gasteiger partial charge in [-0.2, -0.15) is 0 Å². The molecule has 0 saturated heterocycles. The van der Waals surface area contributed by atoms with Gasteiger partial charge in [-0.25, -0.2) is 9.59 Å². The first-order chi connectivity index (χ1) is 19.5. The molecule has 0 bridgehead atoms. The van der Waals surface area contributed by atoms with Gasteiger partial charge in [0.1, 0.15) is 0 Å². The highest BCUT2D eigenvalue weighted by atomic mass is 16.5. The van der Waals surface area contributed by atoms with Gasteiger partial charge >= 0.3 is 11.9 Å². The zero-order chi connectivity index (χ0) is 29.4. The maximum Gasteiger partial charge on any atom is 0.339 e. The smallest absolute Gasteiger partial charge is 0.339 e. The van der Waals surface area contributed by atoms with E-state index in [1.165, 1.54) is 57.8 Å². The third-order valence-corrected chi connectivity index (χ3v) is 8.33. The summed E-state index contributed by atoms with van der Waals surface area (Å²) < 4.78 is 11.5. The summed E-state index contributed by atoms with van der Waals surface area (Å²) in [5.41, 5.74) is 1.79. The van der Waals surface area contributed by atoms with Crippen molar-refractivity contribution in [3.63, 3.8) is 0 Å². The highest BCUT2D eigenvalue weighted by Crippen LogP contribution is 2.21. The molecule has 2 unspecified atom stereocenters. The van der Waals surface area contributed by atoms with Crippen LogP contribution in [0.4, 0.5) is 0 Å². The Balaban J connectivity index is 2.78. The molecular formula is C36H62O4. The molecule has 230 valence electrons. The summed E-state index contributed by atoms with van der Waals surface area (Å²) in [6, 6.07) is 5.66. The third-order valence-electron chi connectivity index (χ3n) is 8.33. The van der Waals surface area contributed by atoms with Gasteiger partial charge in [0.25, 0.3) is 0 Å². The van der Waals surface area contributed by atoms with Crippen LogP contribution in [0, 0.1) is 11.8 Å². The summed E-state index contributed by atoms with van der Waals surface area (Å²) in [5, 5.41) is 0. The minimum atomic E-state index is -0.412. The van der Waals surface area contributed by atoms with E-state index in [1.54, 1.807) is 6.07 Å². The van der Waals surface area contributed by atoms with Crippen molar-refractivity contribution in [2.24, 2.45) is 11.8 Å². The average Bonchev–Trinajstić information content (AvgIpc) is 2.98. The fourth-order valence-corrected chi connectivity index (χ4v) is 5.25. The van der Waals surface area contributed by atoms with Crippen LogP contribution in [0.3, 0.4) is 0 Å². The van der Waals surface area contributed by atoms with E-state index in [9.17, 15) is 9.59 Å². The van der Waals surface area contributed by atoms with E-state index >= 15 is 0 Å². The lowest BCUT2D eigenvalue weighted by molar-refractivity contribution is 0.0381. The van der Waals surface area contributed by atoms with Crippen molar-refractivity contribution in [3.8, 4) is 0 Å². The van der Waals surface area contributed by atoms with Crippen molar-refractivity contribution < 1.29 is 19.1 Å². The minimum absolute atomic E-state index is 0.337. The summed E-state index contributed by atoms with van der Waals surface area (Å²) in [7, 11) is 0. The second kappa shape index (κ2) is 23.8. The van der Waals surface area contributed by atoms with Gasteiger partial charge in [0.05, 0.1) is 24.3 Å². The highest BCUT2D eigenvalue weighted by Gasteiger charge is 2.22. The van der Waals surface area contributed by atoms with Gasteiger partial charge in [0.2, 0.25) is 0 Å². The van der Waals surface area contributed by atoms with E-state index in [0.29, 0.717) is 36.2 Å². The van der Waals surface area contributed by atoms with Gasteiger partial charge in [-0.05, 0) is 55.2 Å². The van der Waals surface area contributed by atoms with Gasteiger partial charge in [-0.3, -0.25) is 0 Å². The predicted octanol–water partition coefficient (Wildman–Crippen LogP) is 10.9. The Morgan fingerprint density at radius 2 is 1.02 bits per heavy atom. The lowest BCUT2D eigenvalue weighted by Crippen LogP contribution is -2.19. The van der Waals surface area contributed by atoms with Crippen LogP contribution in [0.2, 0.25) is 0 Å². The monoisotopic (exact) mass is 558 g/mol. The summed E-state index contributed by atoms with van der Waals surface area (Å²) in [4.78, 5) is 26.4. The molecule has 0 heterocycles. The average molecular weight is 559 g/mol.